The van der Waals surface area contributed by atoms with Gasteiger partial charge in [-0.25, -0.2) is 0 Å². The lowest BCUT2D eigenvalue weighted by molar-refractivity contribution is -0.0359. The van der Waals surface area contributed by atoms with Gasteiger partial charge in [0.25, 0.3) is 0 Å². The van der Waals surface area contributed by atoms with E-state index in [0.29, 0.717) is 16.2 Å². The van der Waals surface area contributed by atoms with E-state index in [4.69, 9.17) is 0 Å². The van der Waals surface area contributed by atoms with Crippen molar-refractivity contribution in [2.75, 3.05) is 0 Å². The Morgan fingerprint density at radius 2 is 1.53 bits per heavy atom. The summed E-state index contributed by atoms with van der Waals surface area (Å²) >= 11 is 0. The highest BCUT2D eigenvalue weighted by molar-refractivity contribution is 7.19. The minimum Gasteiger partial charge on any atom is -0.130 e. The van der Waals surface area contributed by atoms with Crippen molar-refractivity contribution >= 4 is 18.5 Å². The first-order chi connectivity index (χ1) is 14.1. The summed E-state index contributed by atoms with van der Waals surface area (Å²) in [5.74, 6) is 2.73. The molecule has 6 rings (SSSR count). The molecule has 6 unspecified atom stereocenters. The summed E-state index contributed by atoms with van der Waals surface area (Å²) in [7, 11) is 6.61. The van der Waals surface area contributed by atoms with E-state index in [1.54, 1.807) is 11.1 Å². The molecular formula is C28H38P2. The Morgan fingerprint density at radius 1 is 0.900 bits per heavy atom. The second-order valence-electron chi connectivity index (χ2n) is 11.9. The van der Waals surface area contributed by atoms with Crippen LogP contribution in [0.4, 0.5) is 0 Å². The summed E-state index contributed by atoms with van der Waals surface area (Å²) < 4.78 is 0. The van der Waals surface area contributed by atoms with Crippen molar-refractivity contribution < 1.29 is 0 Å². The zero-order valence-electron chi connectivity index (χ0n) is 19.1. The Balaban J connectivity index is 1.72. The van der Waals surface area contributed by atoms with Crippen LogP contribution in [0.1, 0.15) is 76.6 Å². The van der Waals surface area contributed by atoms with Crippen molar-refractivity contribution in [1.82, 2.24) is 0 Å². The van der Waals surface area contributed by atoms with Crippen LogP contribution in [0, 0.1) is 23.2 Å². The van der Waals surface area contributed by atoms with E-state index in [1.807, 2.05) is 0 Å². The molecule has 6 atom stereocenters. The molecule has 0 N–H and O–H groups in total. The average Bonchev–Trinajstić information content (AvgIpc) is 2.70. The number of hydrogen-bond donors (Lipinski definition) is 0. The lowest BCUT2D eigenvalue weighted by atomic mass is 9.43. The standard InChI is InChI=1S/C28H38P2/c1-26(2,3)25(29)23-11-10-21(20-8-6-5-7-9-20)15-24(23)28-16-18-12-19(17-28)14-22(13-18)27(28,4)30/h5-11,15,18-19,22,25H,12-14,16-17,29-30H2,1-4H3. The van der Waals surface area contributed by atoms with Crippen molar-refractivity contribution in [2.24, 2.45) is 23.2 Å². The maximum absolute atomic E-state index is 3.40. The van der Waals surface area contributed by atoms with Crippen molar-refractivity contribution in [3.05, 3.63) is 59.7 Å². The van der Waals surface area contributed by atoms with Gasteiger partial charge < -0.3 is 0 Å². The second-order valence-corrected chi connectivity index (χ2v) is 13.8. The van der Waals surface area contributed by atoms with Crippen LogP contribution < -0.4 is 0 Å². The Labute approximate surface area is 188 Å². The van der Waals surface area contributed by atoms with Gasteiger partial charge in [-0.3, -0.25) is 0 Å². The molecule has 2 heteroatoms. The van der Waals surface area contributed by atoms with E-state index in [1.165, 1.54) is 43.2 Å². The first-order valence-corrected chi connectivity index (χ1v) is 13.1. The summed E-state index contributed by atoms with van der Waals surface area (Å²) in [6.07, 6.45) is 7.15. The van der Waals surface area contributed by atoms with Crippen molar-refractivity contribution in [2.45, 2.75) is 76.0 Å². The first kappa shape index (κ1) is 21.2. The molecule has 160 valence electrons. The lowest BCUT2D eigenvalue weighted by Gasteiger charge is -2.66. The van der Waals surface area contributed by atoms with Gasteiger partial charge >= 0.3 is 0 Å². The van der Waals surface area contributed by atoms with E-state index in [2.05, 4.69) is 94.7 Å². The van der Waals surface area contributed by atoms with Crippen LogP contribution in [0.25, 0.3) is 11.1 Å². The fourth-order valence-electron chi connectivity index (χ4n) is 7.32. The molecule has 0 amide bonds. The van der Waals surface area contributed by atoms with Gasteiger partial charge in [-0.05, 0) is 82.7 Å². The van der Waals surface area contributed by atoms with Gasteiger partial charge in [0.05, 0.1) is 0 Å². The fourth-order valence-corrected chi connectivity index (χ4v) is 8.27. The third-order valence-electron chi connectivity index (χ3n) is 9.00. The first-order valence-electron chi connectivity index (χ1n) is 11.9. The van der Waals surface area contributed by atoms with E-state index in [9.17, 15) is 0 Å². The van der Waals surface area contributed by atoms with E-state index in [0.717, 1.165) is 17.8 Å². The molecule has 2 aromatic rings. The van der Waals surface area contributed by atoms with Gasteiger partial charge in [0, 0.05) is 11.1 Å². The summed E-state index contributed by atoms with van der Waals surface area (Å²) in [5, 5.41) is 0.298. The van der Waals surface area contributed by atoms with Gasteiger partial charge in [-0.15, -0.1) is 18.5 Å². The molecule has 4 fully saturated rings. The van der Waals surface area contributed by atoms with Crippen molar-refractivity contribution in [1.29, 1.82) is 0 Å². The predicted molar refractivity (Wildman–Crippen MR) is 137 cm³/mol. The fraction of sp³-hybridized carbons (Fsp3) is 0.571. The molecule has 4 saturated carbocycles. The van der Waals surface area contributed by atoms with Crippen LogP contribution in [-0.4, -0.2) is 5.16 Å². The largest absolute Gasteiger partial charge is 0.130 e. The van der Waals surface area contributed by atoms with Gasteiger partial charge in [-0.1, -0.05) is 76.2 Å². The normalized spacial score (nSPS) is 36.1. The summed E-state index contributed by atoms with van der Waals surface area (Å²) in [4.78, 5) is 0. The molecule has 0 radical (unpaired) electrons. The third-order valence-corrected chi connectivity index (χ3v) is 11.4. The van der Waals surface area contributed by atoms with Crippen molar-refractivity contribution in [3.63, 3.8) is 0 Å². The molecule has 0 nitrogen and oxygen atoms in total. The Hall–Kier alpha value is -0.700. The average molecular weight is 437 g/mol. The number of benzene rings is 2. The minimum absolute atomic E-state index is 0.229. The lowest BCUT2D eigenvalue weighted by Crippen LogP contribution is -2.62. The Kier molecular flexibility index (Phi) is 5.05. The predicted octanol–water partition coefficient (Wildman–Crippen LogP) is 8.03. The summed E-state index contributed by atoms with van der Waals surface area (Å²) in [6, 6.07) is 18.4. The molecule has 0 spiro atoms. The van der Waals surface area contributed by atoms with E-state index >= 15 is 0 Å². The molecule has 0 aromatic heterocycles. The molecule has 30 heavy (non-hydrogen) atoms. The van der Waals surface area contributed by atoms with Crippen LogP contribution in [0.3, 0.4) is 0 Å². The maximum Gasteiger partial charge on any atom is 0.00521 e. The van der Waals surface area contributed by atoms with Crippen LogP contribution in [0.15, 0.2) is 48.5 Å². The highest BCUT2D eigenvalue weighted by Gasteiger charge is 2.62. The Morgan fingerprint density at radius 3 is 2.13 bits per heavy atom. The molecule has 4 aliphatic rings. The van der Waals surface area contributed by atoms with Gasteiger partial charge in [0.15, 0.2) is 0 Å². The van der Waals surface area contributed by atoms with E-state index < -0.39 is 0 Å². The Bertz CT molecular complexity index is 923. The maximum atomic E-state index is 3.40. The van der Waals surface area contributed by atoms with Gasteiger partial charge in [0.1, 0.15) is 0 Å². The van der Waals surface area contributed by atoms with E-state index in [-0.39, 0.29) is 5.41 Å². The minimum atomic E-state index is 0.229. The van der Waals surface area contributed by atoms with Crippen molar-refractivity contribution in [3.8, 4) is 11.1 Å². The molecule has 0 heterocycles. The molecule has 0 saturated heterocycles. The molecule has 4 aliphatic carbocycles. The van der Waals surface area contributed by atoms with Crippen LogP contribution >= 0.6 is 18.5 Å². The molecular weight excluding hydrogens is 398 g/mol. The summed E-state index contributed by atoms with van der Waals surface area (Å²) in [5.41, 5.74) is 6.96. The van der Waals surface area contributed by atoms with Crippen LogP contribution in [0.2, 0.25) is 0 Å². The topological polar surface area (TPSA) is 0 Å². The smallest absolute Gasteiger partial charge is 0.00521 e. The zero-order valence-corrected chi connectivity index (χ0v) is 21.4. The third kappa shape index (κ3) is 3.16. The SMILES string of the molecule is CC(C)(C)C(P)c1ccc(-c2ccccc2)cc1C12CC3CC(CC(C3)C1(C)P)C2. The highest BCUT2D eigenvalue weighted by Crippen LogP contribution is 2.69. The zero-order chi connectivity index (χ0) is 21.3. The second kappa shape index (κ2) is 7.15. The van der Waals surface area contributed by atoms with Gasteiger partial charge in [0.2, 0.25) is 0 Å². The quantitative estimate of drug-likeness (QED) is 0.427. The monoisotopic (exact) mass is 436 g/mol. The number of rotatable bonds is 3. The molecule has 2 aromatic carbocycles. The van der Waals surface area contributed by atoms with Crippen LogP contribution in [0.5, 0.6) is 0 Å². The van der Waals surface area contributed by atoms with Gasteiger partial charge in [-0.2, -0.15) is 0 Å². The van der Waals surface area contributed by atoms with Crippen LogP contribution in [-0.2, 0) is 5.41 Å². The summed E-state index contributed by atoms with van der Waals surface area (Å²) in [6.45, 7) is 9.74. The molecule has 0 aliphatic heterocycles. The molecule has 4 bridgehead atoms. The number of hydrogen-bond acceptors (Lipinski definition) is 0. The highest BCUT2D eigenvalue weighted by atomic mass is 31.0.